The van der Waals surface area contributed by atoms with E-state index in [1.807, 2.05) is 26.0 Å². The highest BCUT2D eigenvalue weighted by molar-refractivity contribution is 9.10. The summed E-state index contributed by atoms with van der Waals surface area (Å²) in [7, 11) is 0. The number of amides is 1. The van der Waals surface area contributed by atoms with Crippen molar-refractivity contribution < 1.29 is 24.2 Å². The van der Waals surface area contributed by atoms with Crippen molar-refractivity contribution in [3.8, 4) is 11.5 Å². The first-order valence-corrected chi connectivity index (χ1v) is 10.9. The van der Waals surface area contributed by atoms with Crippen molar-refractivity contribution >= 4 is 62.2 Å². The molecule has 0 aliphatic carbocycles. The van der Waals surface area contributed by atoms with E-state index in [1.165, 1.54) is 16.7 Å². The first-order chi connectivity index (χ1) is 13.4. The van der Waals surface area contributed by atoms with Gasteiger partial charge in [-0.05, 0) is 59.5 Å². The maximum atomic E-state index is 12.6. The fourth-order valence-electron chi connectivity index (χ4n) is 2.51. The number of thioether (sulfide) groups is 1. The highest BCUT2D eigenvalue weighted by Crippen LogP contribution is 2.39. The molecule has 0 spiro atoms. The Labute approximate surface area is 182 Å². The predicted octanol–water partition coefficient (Wildman–Crippen LogP) is 4.70. The number of hydrogen-bond acceptors (Lipinski definition) is 6. The second-order valence-electron chi connectivity index (χ2n) is 5.94. The molecular weight excluding hydrogens is 466 g/mol. The zero-order valence-corrected chi connectivity index (χ0v) is 18.9. The van der Waals surface area contributed by atoms with Gasteiger partial charge in [-0.15, -0.1) is 0 Å². The van der Waals surface area contributed by atoms with Gasteiger partial charge in [-0.25, -0.2) is 0 Å². The molecule has 1 aromatic rings. The van der Waals surface area contributed by atoms with Crippen molar-refractivity contribution in [1.82, 2.24) is 4.90 Å². The van der Waals surface area contributed by atoms with Gasteiger partial charge in [0, 0.05) is 13.0 Å². The van der Waals surface area contributed by atoms with Crippen molar-refractivity contribution in [3.05, 3.63) is 27.1 Å². The predicted molar refractivity (Wildman–Crippen MR) is 118 cm³/mol. The third-order valence-electron chi connectivity index (χ3n) is 3.73. The van der Waals surface area contributed by atoms with Crippen molar-refractivity contribution in [2.45, 2.75) is 33.1 Å². The van der Waals surface area contributed by atoms with Gasteiger partial charge in [0.25, 0.3) is 5.91 Å². The van der Waals surface area contributed by atoms with E-state index in [9.17, 15) is 9.59 Å². The lowest BCUT2D eigenvalue weighted by atomic mass is 10.1. The molecule has 1 aliphatic rings. The molecule has 2 rings (SSSR count). The molecule has 0 bridgehead atoms. The number of carboxylic acids is 1. The zero-order chi connectivity index (χ0) is 20.7. The van der Waals surface area contributed by atoms with Crippen LogP contribution in [0.25, 0.3) is 6.08 Å². The third kappa shape index (κ3) is 5.96. The summed E-state index contributed by atoms with van der Waals surface area (Å²) in [5, 5.41) is 8.76. The average molecular weight is 488 g/mol. The summed E-state index contributed by atoms with van der Waals surface area (Å²) in [5.41, 5.74) is 0.783. The number of carboxylic acid groups (broad SMARTS) is 1. The van der Waals surface area contributed by atoms with Crippen LogP contribution in [-0.2, 0) is 9.59 Å². The lowest BCUT2D eigenvalue weighted by molar-refractivity contribution is -0.137. The van der Waals surface area contributed by atoms with E-state index in [0.29, 0.717) is 46.9 Å². The molecule has 1 fully saturated rings. The fraction of sp³-hybridized carbons (Fsp3) is 0.421. The number of carbonyl (C=O) groups excluding carboxylic acids is 1. The van der Waals surface area contributed by atoms with Crippen molar-refractivity contribution in [2.75, 3.05) is 19.8 Å². The van der Waals surface area contributed by atoms with Crippen LogP contribution in [0.1, 0.15) is 38.7 Å². The standard InChI is InChI=1S/C19H22BrNO5S2/c1-3-8-26-17-13(20)9-12(10-14(17)25-4-2)11-15-18(24)21(19(27)28-15)7-5-6-16(22)23/h9-11H,3-8H2,1-2H3,(H,22,23)/b15-11-. The van der Waals surface area contributed by atoms with Crippen LogP contribution < -0.4 is 9.47 Å². The zero-order valence-electron chi connectivity index (χ0n) is 15.7. The maximum absolute atomic E-state index is 12.6. The van der Waals surface area contributed by atoms with E-state index in [-0.39, 0.29) is 12.3 Å². The summed E-state index contributed by atoms with van der Waals surface area (Å²) < 4.78 is 12.7. The number of benzene rings is 1. The van der Waals surface area contributed by atoms with Crippen LogP contribution in [-0.4, -0.2) is 46.0 Å². The quantitative estimate of drug-likeness (QED) is 0.378. The first kappa shape index (κ1) is 22.7. The SMILES string of the molecule is CCCOc1c(Br)cc(/C=C2\SC(=S)N(CCCC(=O)O)C2=O)cc1OCC. The minimum absolute atomic E-state index is 0.00000683. The van der Waals surface area contributed by atoms with Crippen LogP contribution in [0.4, 0.5) is 0 Å². The Hall–Kier alpha value is -1.58. The summed E-state index contributed by atoms with van der Waals surface area (Å²) in [6.45, 7) is 5.29. The monoisotopic (exact) mass is 487 g/mol. The maximum Gasteiger partial charge on any atom is 0.303 e. The average Bonchev–Trinajstić information content (AvgIpc) is 2.88. The van der Waals surface area contributed by atoms with Gasteiger partial charge in [-0.2, -0.15) is 0 Å². The van der Waals surface area contributed by atoms with Gasteiger partial charge in [0.1, 0.15) is 4.32 Å². The fourth-order valence-corrected chi connectivity index (χ4v) is 4.39. The number of thiocarbonyl (C=S) groups is 1. The Morgan fingerprint density at radius 1 is 1.36 bits per heavy atom. The molecule has 0 aromatic heterocycles. The van der Waals surface area contributed by atoms with E-state index < -0.39 is 5.97 Å². The Kier molecular flexibility index (Phi) is 8.78. The van der Waals surface area contributed by atoms with Crippen LogP contribution in [0.15, 0.2) is 21.5 Å². The smallest absolute Gasteiger partial charge is 0.303 e. The van der Waals surface area contributed by atoms with Gasteiger partial charge in [0.2, 0.25) is 0 Å². The van der Waals surface area contributed by atoms with Crippen LogP contribution in [0.2, 0.25) is 0 Å². The molecule has 1 amide bonds. The molecule has 0 unspecified atom stereocenters. The molecule has 152 valence electrons. The van der Waals surface area contributed by atoms with Crippen molar-refractivity contribution in [2.24, 2.45) is 0 Å². The molecule has 1 aromatic carbocycles. The molecular formula is C19H22BrNO5S2. The Morgan fingerprint density at radius 3 is 2.75 bits per heavy atom. The summed E-state index contributed by atoms with van der Waals surface area (Å²) in [6.07, 6.45) is 3.00. The summed E-state index contributed by atoms with van der Waals surface area (Å²) >= 11 is 10.0. The van der Waals surface area contributed by atoms with Crippen LogP contribution in [0.5, 0.6) is 11.5 Å². The lowest BCUT2D eigenvalue weighted by Crippen LogP contribution is -2.29. The van der Waals surface area contributed by atoms with Crippen LogP contribution in [0.3, 0.4) is 0 Å². The number of carbonyl (C=O) groups is 2. The van der Waals surface area contributed by atoms with E-state index in [4.69, 9.17) is 26.8 Å². The van der Waals surface area contributed by atoms with Crippen molar-refractivity contribution in [3.63, 3.8) is 0 Å². The van der Waals surface area contributed by atoms with Gasteiger partial charge in [0.05, 0.1) is 22.6 Å². The second kappa shape index (κ2) is 10.8. The summed E-state index contributed by atoms with van der Waals surface area (Å²) in [4.78, 5) is 25.3. The Morgan fingerprint density at radius 2 is 2.11 bits per heavy atom. The first-order valence-electron chi connectivity index (χ1n) is 8.93. The van der Waals surface area contributed by atoms with E-state index in [0.717, 1.165) is 16.5 Å². The molecule has 0 atom stereocenters. The Bertz CT molecular complexity index is 797. The highest BCUT2D eigenvalue weighted by atomic mass is 79.9. The molecule has 1 heterocycles. The Balaban J connectivity index is 2.23. The highest BCUT2D eigenvalue weighted by Gasteiger charge is 2.31. The van der Waals surface area contributed by atoms with Gasteiger partial charge in [-0.1, -0.05) is 30.9 Å². The number of rotatable bonds is 10. The van der Waals surface area contributed by atoms with Gasteiger partial charge < -0.3 is 14.6 Å². The van der Waals surface area contributed by atoms with Crippen LogP contribution in [0, 0.1) is 0 Å². The van der Waals surface area contributed by atoms with Gasteiger partial charge >= 0.3 is 5.97 Å². The molecule has 1 N–H and O–H groups in total. The molecule has 0 radical (unpaired) electrons. The topological polar surface area (TPSA) is 76.1 Å². The van der Waals surface area contributed by atoms with Crippen LogP contribution >= 0.6 is 39.9 Å². The summed E-state index contributed by atoms with van der Waals surface area (Å²) in [6, 6.07) is 3.70. The molecule has 1 saturated heterocycles. The second-order valence-corrected chi connectivity index (χ2v) is 8.47. The van der Waals surface area contributed by atoms with Crippen molar-refractivity contribution in [1.29, 1.82) is 0 Å². The third-order valence-corrected chi connectivity index (χ3v) is 5.69. The lowest BCUT2D eigenvalue weighted by Gasteiger charge is -2.14. The number of halogens is 1. The molecule has 28 heavy (non-hydrogen) atoms. The number of hydrogen-bond donors (Lipinski definition) is 1. The minimum Gasteiger partial charge on any atom is -0.490 e. The van der Waals surface area contributed by atoms with Gasteiger partial charge in [-0.3, -0.25) is 14.5 Å². The van der Waals surface area contributed by atoms with E-state index in [1.54, 1.807) is 6.08 Å². The largest absolute Gasteiger partial charge is 0.490 e. The number of ether oxygens (including phenoxy) is 2. The number of nitrogens with zero attached hydrogens (tertiary/aromatic N) is 1. The number of aliphatic carboxylic acids is 1. The molecule has 9 heteroatoms. The molecule has 6 nitrogen and oxygen atoms in total. The molecule has 0 saturated carbocycles. The van der Waals surface area contributed by atoms with E-state index in [2.05, 4.69) is 15.9 Å². The normalized spacial score (nSPS) is 15.4. The minimum atomic E-state index is -0.889. The molecule has 1 aliphatic heterocycles. The van der Waals surface area contributed by atoms with E-state index >= 15 is 0 Å². The van der Waals surface area contributed by atoms with Gasteiger partial charge in [0.15, 0.2) is 11.5 Å². The summed E-state index contributed by atoms with van der Waals surface area (Å²) in [5.74, 6) is 0.149.